The van der Waals surface area contributed by atoms with Crippen molar-refractivity contribution in [3.63, 3.8) is 0 Å². The molecule has 26 heavy (non-hydrogen) atoms. The maximum Gasteiger partial charge on any atom is 0.126 e. The molecule has 0 aliphatic carbocycles. The molecule has 0 saturated heterocycles. The van der Waals surface area contributed by atoms with Crippen LogP contribution in [0.4, 0.5) is 0 Å². The van der Waals surface area contributed by atoms with E-state index in [4.69, 9.17) is 0 Å². The fraction of sp³-hybridized carbons (Fsp3) is 0.478. The molecule has 3 nitrogen and oxygen atoms in total. The third kappa shape index (κ3) is 7.09. The molecule has 0 aromatic heterocycles. The zero-order valence-corrected chi connectivity index (χ0v) is 17.1. The van der Waals surface area contributed by atoms with Crippen molar-refractivity contribution in [2.75, 3.05) is 0 Å². The molecule has 0 radical (unpaired) electrons. The van der Waals surface area contributed by atoms with Crippen molar-refractivity contribution in [2.45, 2.75) is 72.8 Å². The van der Waals surface area contributed by atoms with E-state index in [1.807, 2.05) is 0 Å². The first kappa shape index (κ1) is 22.0. The van der Waals surface area contributed by atoms with Gasteiger partial charge in [-0.25, -0.2) is 0 Å². The van der Waals surface area contributed by atoms with Crippen LogP contribution in [0.25, 0.3) is 6.08 Å². The summed E-state index contributed by atoms with van der Waals surface area (Å²) in [6.07, 6.45) is 11.3. The molecule has 144 valence electrons. The third-order valence-electron chi connectivity index (χ3n) is 4.72. The highest BCUT2D eigenvalue weighted by molar-refractivity contribution is 5.64. The van der Waals surface area contributed by atoms with Crippen LogP contribution in [0.3, 0.4) is 0 Å². The molecule has 1 aromatic carbocycles. The Morgan fingerprint density at radius 3 is 2.31 bits per heavy atom. The summed E-state index contributed by atoms with van der Waals surface area (Å²) in [5, 5.41) is 30.7. The van der Waals surface area contributed by atoms with Crippen molar-refractivity contribution in [3.8, 4) is 11.5 Å². The summed E-state index contributed by atoms with van der Waals surface area (Å²) in [4.78, 5) is 0. The van der Waals surface area contributed by atoms with Gasteiger partial charge < -0.3 is 15.3 Å². The highest BCUT2D eigenvalue weighted by Gasteiger charge is 2.16. The average Bonchev–Trinajstić information content (AvgIpc) is 2.54. The second-order valence-corrected chi connectivity index (χ2v) is 7.68. The van der Waals surface area contributed by atoms with E-state index in [2.05, 4.69) is 32.9 Å². The minimum Gasteiger partial charge on any atom is -0.508 e. The predicted octanol–water partition coefficient (Wildman–Crippen LogP) is 5.95. The molecule has 1 rings (SSSR count). The van der Waals surface area contributed by atoms with E-state index >= 15 is 0 Å². The van der Waals surface area contributed by atoms with Gasteiger partial charge in [-0.2, -0.15) is 0 Å². The molecule has 1 unspecified atom stereocenters. The second-order valence-electron chi connectivity index (χ2n) is 7.68. The molecule has 0 saturated carbocycles. The lowest BCUT2D eigenvalue weighted by atomic mass is 9.96. The molecular weight excluding hydrogens is 324 g/mol. The van der Waals surface area contributed by atoms with Crippen molar-refractivity contribution in [3.05, 3.63) is 52.1 Å². The normalized spacial score (nSPS) is 14.5. The number of rotatable bonds is 8. The summed E-state index contributed by atoms with van der Waals surface area (Å²) in [5.41, 5.74) is 3.53. The van der Waals surface area contributed by atoms with Crippen LogP contribution < -0.4 is 0 Å². The van der Waals surface area contributed by atoms with Crippen LogP contribution >= 0.6 is 0 Å². The smallest absolute Gasteiger partial charge is 0.126 e. The van der Waals surface area contributed by atoms with Crippen molar-refractivity contribution >= 4 is 6.08 Å². The first-order chi connectivity index (χ1) is 12.0. The predicted molar refractivity (Wildman–Crippen MR) is 111 cm³/mol. The summed E-state index contributed by atoms with van der Waals surface area (Å²) < 4.78 is 0. The minimum atomic E-state index is -0.975. The van der Waals surface area contributed by atoms with Crippen LogP contribution in [0.1, 0.15) is 70.1 Å². The SMILES string of the molecule is CC(C)=CCCC(C)=CCCC(C)(O)C=Cc1cc(O)c(C)c(C)c1O. The summed E-state index contributed by atoms with van der Waals surface area (Å²) in [6.45, 7) is 11.6. The van der Waals surface area contributed by atoms with E-state index in [0.717, 1.165) is 19.3 Å². The first-order valence-electron chi connectivity index (χ1n) is 9.26. The molecule has 3 heteroatoms. The van der Waals surface area contributed by atoms with Gasteiger partial charge in [0.2, 0.25) is 0 Å². The molecule has 3 N–H and O–H groups in total. The van der Waals surface area contributed by atoms with Crippen molar-refractivity contribution < 1.29 is 15.3 Å². The molecule has 0 heterocycles. The molecule has 0 aliphatic heterocycles. The Balaban J connectivity index is 2.69. The Hall–Kier alpha value is -2.00. The monoisotopic (exact) mass is 358 g/mol. The van der Waals surface area contributed by atoms with Gasteiger partial charge in [-0.1, -0.05) is 35.5 Å². The van der Waals surface area contributed by atoms with Gasteiger partial charge in [0.15, 0.2) is 0 Å². The summed E-state index contributed by atoms with van der Waals surface area (Å²) in [7, 11) is 0. The Kier molecular flexibility index (Phi) is 8.16. The molecule has 1 aromatic rings. The number of phenols is 2. The zero-order valence-electron chi connectivity index (χ0n) is 17.1. The highest BCUT2D eigenvalue weighted by Crippen LogP contribution is 2.33. The summed E-state index contributed by atoms with van der Waals surface area (Å²) in [6, 6.07) is 1.53. The number of phenolic OH excluding ortho intramolecular Hbond substituents is 2. The van der Waals surface area contributed by atoms with Crippen LogP contribution in [-0.2, 0) is 0 Å². The van der Waals surface area contributed by atoms with Crippen molar-refractivity contribution in [1.82, 2.24) is 0 Å². The average molecular weight is 359 g/mol. The van der Waals surface area contributed by atoms with E-state index in [1.54, 1.807) is 32.9 Å². The van der Waals surface area contributed by atoms with Crippen LogP contribution in [0, 0.1) is 13.8 Å². The van der Waals surface area contributed by atoms with Gasteiger partial charge in [0.05, 0.1) is 5.60 Å². The molecule has 0 spiro atoms. The maximum atomic E-state index is 10.6. The van der Waals surface area contributed by atoms with E-state index in [0.29, 0.717) is 23.1 Å². The summed E-state index contributed by atoms with van der Waals surface area (Å²) >= 11 is 0. The minimum absolute atomic E-state index is 0.141. The van der Waals surface area contributed by atoms with E-state index in [1.165, 1.54) is 17.2 Å². The molecular formula is C23H34O3. The number of benzene rings is 1. The van der Waals surface area contributed by atoms with Crippen molar-refractivity contribution in [1.29, 1.82) is 0 Å². The standard InChI is InChI=1S/C23H34O3/c1-16(2)9-7-10-17(3)11-8-13-23(6,26)14-12-20-15-21(24)18(4)19(5)22(20)25/h9,11-12,14-15,24-26H,7-8,10,13H2,1-6H3. The van der Waals surface area contributed by atoms with E-state index in [-0.39, 0.29) is 11.5 Å². The zero-order chi connectivity index (χ0) is 19.9. The molecule has 0 fully saturated rings. The number of hydrogen-bond donors (Lipinski definition) is 3. The van der Waals surface area contributed by atoms with Gasteiger partial charge in [0, 0.05) is 5.56 Å². The number of aromatic hydroxyl groups is 2. The fourth-order valence-corrected chi connectivity index (χ4v) is 2.69. The molecule has 1 atom stereocenters. The van der Waals surface area contributed by atoms with Gasteiger partial charge in [0.25, 0.3) is 0 Å². The van der Waals surface area contributed by atoms with Gasteiger partial charge in [-0.05, 0) is 84.4 Å². The Morgan fingerprint density at radius 2 is 1.69 bits per heavy atom. The quantitative estimate of drug-likeness (QED) is 0.397. The lowest BCUT2D eigenvalue weighted by molar-refractivity contribution is 0.104. The number of hydrogen-bond acceptors (Lipinski definition) is 3. The van der Waals surface area contributed by atoms with Crippen LogP contribution in [0.15, 0.2) is 35.4 Å². The third-order valence-corrected chi connectivity index (χ3v) is 4.72. The van der Waals surface area contributed by atoms with Gasteiger partial charge in [0.1, 0.15) is 11.5 Å². The summed E-state index contributed by atoms with van der Waals surface area (Å²) in [5.74, 6) is 0.289. The molecule has 0 aliphatic rings. The maximum absolute atomic E-state index is 10.6. The second kappa shape index (κ2) is 9.63. The largest absolute Gasteiger partial charge is 0.508 e. The molecule has 0 amide bonds. The van der Waals surface area contributed by atoms with E-state index in [9.17, 15) is 15.3 Å². The Bertz CT molecular complexity index is 703. The first-order valence-corrected chi connectivity index (χ1v) is 9.26. The van der Waals surface area contributed by atoms with Gasteiger partial charge >= 0.3 is 0 Å². The van der Waals surface area contributed by atoms with Crippen LogP contribution in [0.5, 0.6) is 11.5 Å². The van der Waals surface area contributed by atoms with Crippen LogP contribution in [0.2, 0.25) is 0 Å². The topological polar surface area (TPSA) is 60.7 Å². The van der Waals surface area contributed by atoms with Crippen molar-refractivity contribution in [2.24, 2.45) is 0 Å². The lowest BCUT2D eigenvalue weighted by Crippen LogP contribution is -2.19. The number of allylic oxidation sites excluding steroid dienone is 4. The Labute approximate surface area is 158 Å². The molecule has 0 bridgehead atoms. The van der Waals surface area contributed by atoms with E-state index < -0.39 is 5.60 Å². The van der Waals surface area contributed by atoms with Gasteiger partial charge in [-0.15, -0.1) is 0 Å². The fourth-order valence-electron chi connectivity index (χ4n) is 2.69. The van der Waals surface area contributed by atoms with Crippen LogP contribution in [-0.4, -0.2) is 20.9 Å². The number of aliphatic hydroxyl groups is 1. The Morgan fingerprint density at radius 1 is 1.04 bits per heavy atom. The lowest BCUT2D eigenvalue weighted by Gasteiger charge is -2.18. The highest BCUT2D eigenvalue weighted by atomic mass is 16.3. The van der Waals surface area contributed by atoms with Gasteiger partial charge in [-0.3, -0.25) is 0 Å².